The van der Waals surface area contributed by atoms with Crippen LogP contribution in [0.3, 0.4) is 0 Å². The van der Waals surface area contributed by atoms with Gasteiger partial charge < -0.3 is 14.9 Å². The number of hydrogen-bond acceptors (Lipinski definition) is 5. The third kappa shape index (κ3) is 3.67. The molecule has 1 aromatic carbocycles. The minimum absolute atomic E-state index is 0.0579. The molecule has 166 valence electrons. The molecule has 1 atom stereocenters. The molecule has 0 bridgehead atoms. The molecule has 3 heterocycles. The number of imidazole rings is 1. The number of aliphatic hydroxyl groups excluding tert-OH is 1. The van der Waals surface area contributed by atoms with Crippen LogP contribution >= 0.6 is 11.6 Å². The topological polar surface area (TPSA) is 78.1 Å². The van der Waals surface area contributed by atoms with E-state index in [0.717, 1.165) is 5.56 Å². The number of likely N-dealkylation sites (tertiary alicyclic amines) is 1. The summed E-state index contributed by atoms with van der Waals surface area (Å²) >= 11 is 6.07. The van der Waals surface area contributed by atoms with Crippen molar-refractivity contribution in [1.82, 2.24) is 19.2 Å². The second kappa shape index (κ2) is 8.41. The Morgan fingerprint density at radius 1 is 1.16 bits per heavy atom. The zero-order chi connectivity index (χ0) is 23.2. The van der Waals surface area contributed by atoms with Gasteiger partial charge in [0.2, 0.25) is 0 Å². The van der Waals surface area contributed by atoms with Gasteiger partial charge >= 0.3 is 0 Å². The minimum atomic E-state index is -0.720. The zero-order valence-corrected chi connectivity index (χ0v) is 19.2. The predicted octanol–water partition coefficient (Wildman–Crippen LogP) is 3.59. The first-order valence-electron chi connectivity index (χ1n) is 10.3. The zero-order valence-electron chi connectivity index (χ0n) is 18.5. The number of rotatable bonds is 5. The number of aliphatic hydroxyl groups is 1. The Morgan fingerprint density at radius 2 is 1.84 bits per heavy atom. The summed E-state index contributed by atoms with van der Waals surface area (Å²) in [5.74, 6) is -1.56. The lowest BCUT2D eigenvalue weighted by molar-refractivity contribution is -0.140. The number of carbonyl (C=O) groups excluding carboxylic acids is 2. The Labute approximate surface area is 191 Å². The number of aromatic nitrogens is 2. The van der Waals surface area contributed by atoms with Crippen LogP contribution in [0.4, 0.5) is 0 Å². The van der Waals surface area contributed by atoms with E-state index in [1.54, 1.807) is 41.8 Å². The van der Waals surface area contributed by atoms with Crippen LogP contribution in [-0.4, -0.2) is 63.2 Å². The number of hydrogen-bond donors (Lipinski definition) is 1. The number of amides is 1. The summed E-state index contributed by atoms with van der Waals surface area (Å²) in [5, 5.41) is 12.0. The van der Waals surface area contributed by atoms with Crippen molar-refractivity contribution in [3.63, 3.8) is 0 Å². The second-order valence-corrected chi connectivity index (χ2v) is 8.71. The molecule has 2 aromatic heterocycles. The summed E-state index contributed by atoms with van der Waals surface area (Å²) in [6.07, 6.45) is 1.79. The highest BCUT2D eigenvalue weighted by molar-refractivity contribution is 6.46. The van der Waals surface area contributed by atoms with Crippen molar-refractivity contribution in [3.8, 4) is 0 Å². The van der Waals surface area contributed by atoms with Crippen molar-refractivity contribution in [3.05, 3.63) is 75.7 Å². The van der Waals surface area contributed by atoms with Gasteiger partial charge in [-0.1, -0.05) is 29.8 Å². The predicted molar refractivity (Wildman–Crippen MR) is 124 cm³/mol. The van der Waals surface area contributed by atoms with E-state index in [0.29, 0.717) is 40.7 Å². The number of pyridine rings is 1. The van der Waals surface area contributed by atoms with Crippen molar-refractivity contribution in [2.75, 3.05) is 27.2 Å². The molecule has 0 spiro atoms. The van der Waals surface area contributed by atoms with Crippen LogP contribution in [0.5, 0.6) is 0 Å². The van der Waals surface area contributed by atoms with E-state index < -0.39 is 17.7 Å². The molecule has 3 aromatic rings. The highest BCUT2D eigenvalue weighted by Crippen LogP contribution is 2.40. The molecule has 1 N–H and O–H groups in total. The third-order valence-corrected chi connectivity index (χ3v) is 6.01. The van der Waals surface area contributed by atoms with Gasteiger partial charge in [0.25, 0.3) is 11.7 Å². The van der Waals surface area contributed by atoms with E-state index in [-0.39, 0.29) is 11.3 Å². The number of aryl methyl sites for hydroxylation is 2. The van der Waals surface area contributed by atoms with Gasteiger partial charge in [-0.2, -0.15) is 0 Å². The molecule has 7 nitrogen and oxygen atoms in total. The molecule has 1 unspecified atom stereocenters. The molecule has 0 radical (unpaired) electrons. The molecule has 0 saturated carbocycles. The number of Topliss-reactive ketones (excluding diaryl/α,β-unsaturated/α-hetero) is 1. The summed E-state index contributed by atoms with van der Waals surface area (Å²) in [6.45, 7) is 4.62. The molecular formula is C24H25ClN4O3. The lowest BCUT2D eigenvalue weighted by Gasteiger charge is -2.26. The average molecular weight is 453 g/mol. The smallest absolute Gasteiger partial charge is 0.295 e. The average Bonchev–Trinajstić information content (AvgIpc) is 3.21. The van der Waals surface area contributed by atoms with Crippen LogP contribution in [0.25, 0.3) is 11.4 Å². The highest BCUT2D eigenvalue weighted by atomic mass is 35.5. The van der Waals surface area contributed by atoms with Gasteiger partial charge in [-0.3, -0.25) is 14.0 Å². The van der Waals surface area contributed by atoms with Crippen molar-refractivity contribution < 1.29 is 14.7 Å². The molecule has 1 aliphatic rings. The van der Waals surface area contributed by atoms with E-state index in [1.807, 2.05) is 38.1 Å². The summed E-state index contributed by atoms with van der Waals surface area (Å²) < 4.78 is 1.76. The molecule has 1 fully saturated rings. The Hall–Kier alpha value is -3.16. The first-order chi connectivity index (χ1) is 15.2. The lowest BCUT2D eigenvalue weighted by atomic mass is 9.96. The highest BCUT2D eigenvalue weighted by Gasteiger charge is 2.46. The quantitative estimate of drug-likeness (QED) is 0.363. The Morgan fingerprint density at radius 3 is 2.50 bits per heavy atom. The van der Waals surface area contributed by atoms with E-state index in [1.165, 1.54) is 4.90 Å². The maximum absolute atomic E-state index is 13.2. The Kier molecular flexibility index (Phi) is 5.79. The van der Waals surface area contributed by atoms with Crippen molar-refractivity contribution in [1.29, 1.82) is 0 Å². The fraction of sp³-hybridized carbons (Fsp3) is 0.292. The van der Waals surface area contributed by atoms with Crippen LogP contribution in [0.2, 0.25) is 5.02 Å². The van der Waals surface area contributed by atoms with Crippen LogP contribution in [-0.2, 0) is 9.59 Å². The van der Waals surface area contributed by atoms with Crippen LogP contribution in [0.15, 0.2) is 48.2 Å². The van der Waals surface area contributed by atoms with Gasteiger partial charge in [-0.05, 0) is 57.3 Å². The number of nitrogens with zero attached hydrogens (tertiary/aromatic N) is 4. The van der Waals surface area contributed by atoms with Gasteiger partial charge in [0.1, 0.15) is 11.3 Å². The largest absolute Gasteiger partial charge is 0.505 e. The summed E-state index contributed by atoms with van der Waals surface area (Å²) in [6, 6.07) is 10.0. The van der Waals surface area contributed by atoms with E-state index >= 15 is 0 Å². The van der Waals surface area contributed by atoms with E-state index in [9.17, 15) is 14.7 Å². The molecule has 0 aliphatic carbocycles. The summed E-state index contributed by atoms with van der Waals surface area (Å²) in [5.41, 5.74) is 3.38. The molecule has 8 heteroatoms. The minimum Gasteiger partial charge on any atom is -0.505 e. The number of likely N-dealkylation sites (N-methyl/N-ethyl adjacent to an activating group) is 1. The van der Waals surface area contributed by atoms with Crippen molar-refractivity contribution in [2.24, 2.45) is 0 Å². The number of fused-ring (bicyclic) bond motifs is 1. The third-order valence-electron chi connectivity index (χ3n) is 5.76. The van der Waals surface area contributed by atoms with Crippen LogP contribution < -0.4 is 0 Å². The maximum Gasteiger partial charge on any atom is 0.295 e. The fourth-order valence-corrected chi connectivity index (χ4v) is 4.27. The number of halogens is 1. The van der Waals surface area contributed by atoms with Crippen LogP contribution in [0, 0.1) is 13.8 Å². The van der Waals surface area contributed by atoms with Gasteiger partial charge in [0.15, 0.2) is 5.76 Å². The summed E-state index contributed by atoms with van der Waals surface area (Å²) in [4.78, 5) is 34.2. The Balaban J connectivity index is 1.94. The number of benzene rings is 1. The van der Waals surface area contributed by atoms with Gasteiger partial charge in [0.05, 0.1) is 17.3 Å². The standard InChI is InChI=1S/C24H25ClN4O3/c1-14-6-5-11-28-19(15(2)26-23(14)28)21(30)18-20(16-7-9-17(25)10-8-16)29(13-12-27(3)4)24(32)22(18)31/h5-11,20,30H,12-13H2,1-4H3/b21-18+. The van der Waals surface area contributed by atoms with E-state index in [2.05, 4.69) is 4.98 Å². The van der Waals surface area contributed by atoms with Gasteiger partial charge in [-0.15, -0.1) is 0 Å². The summed E-state index contributed by atoms with van der Waals surface area (Å²) in [7, 11) is 3.80. The number of carbonyl (C=O) groups is 2. The normalized spacial score (nSPS) is 18.3. The molecule has 32 heavy (non-hydrogen) atoms. The second-order valence-electron chi connectivity index (χ2n) is 8.28. The molecular weight excluding hydrogens is 428 g/mol. The first-order valence-corrected chi connectivity index (χ1v) is 10.7. The SMILES string of the molecule is Cc1nc2c(C)cccn2c1/C(O)=C1\C(=O)C(=O)N(CCN(C)C)C1c1ccc(Cl)cc1. The molecule has 4 rings (SSSR count). The molecule has 1 aliphatic heterocycles. The first kappa shape index (κ1) is 22.0. The lowest BCUT2D eigenvalue weighted by Crippen LogP contribution is -2.35. The van der Waals surface area contributed by atoms with E-state index in [4.69, 9.17) is 11.6 Å². The number of ketones is 1. The molecule has 1 saturated heterocycles. The van der Waals surface area contributed by atoms with Gasteiger partial charge in [0, 0.05) is 24.3 Å². The molecule has 1 amide bonds. The Bertz CT molecular complexity index is 1240. The maximum atomic E-state index is 13.2. The van der Waals surface area contributed by atoms with Crippen molar-refractivity contribution >= 4 is 34.7 Å². The van der Waals surface area contributed by atoms with Crippen LogP contribution in [0.1, 0.15) is 28.6 Å². The van der Waals surface area contributed by atoms with Gasteiger partial charge in [-0.25, -0.2) is 4.98 Å². The fourth-order valence-electron chi connectivity index (χ4n) is 4.14. The monoisotopic (exact) mass is 452 g/mol. The van der Waals surface area contributed by atoms with Crippen molar-refractivity contribution in [2.45, 2.75) is 19.9 Å².